The zero-order valence-corrected chi connectivity index (χ0v) is 10.5. The molecule has 2 amide bonds. The number of nitrogens with one attached hydrogen (secondary N) is 2. The number of carbonyl (C=O) groups is 1. The maximum absolute atomic E-state index is 13.5. The highest BCUT2D eigenvalue weighted by atomic mass is 35.5. The van der Waals surface area contributed by atoms with Crippen LogP contribution in [-0.2, 0) is 0 Å². The number of anilines is 3. The molecule has 4 nitrogen and oxygen atoms in total. The number of hydrogen-bond donors (Lipinski definition) is 3. The second-order valence-electron chi connectivity index (χ2n) is 3.83. The Balaban J connectivity index is 2.03. The molecule has 0 aliphatic rings. The second-order valence-corrected chi connectivity index (χ2v) is 4.26. The van der Waals surface area contributed by atoms with E-state index in [1.54, 1.807) is 24.3 Å². The Morgan fingerprint density at radius 2 is 1.79 bits per heavy atom. The monoisotopic (exact) mass is 279 g/mol. The number of rotatable bonds is 2. The fraction of sp³-hybridized carbons (Fsp3) is 0. The van der Waals surface area contributed by atoms with Gasteiger partial charge in [-0.1, -0.05) is 11.6 Å². The molecule has 0 bridgehead atoms. The molecular formula is C13H11ClFN3O. The molecule has 0 aliphatic heterocycles. The summed E-state index contributed by atoms with van der Waals surface area (Å²) >= 11 is 5.72. The fourth-order valence-corrected chi connectivity index (χ4v) is 1.58. The molecule has 19 heavy (non-hydrogen) atoms. The summed E-state index contributed by atoms with van der Waals surface area (Å²) in [5.74, 6) is -0.591. The lowest BCUT2D eigenvalue weighted by atomic mass is 10.2. The average Bonchev–Trinajstić information content (AvgIpc) is 2.36. The van der Waals surface area contributed by atoms with Gasteiger partial charge in [0.2, 0.25) is 0 Å². The molecule has 2 rings (SSSR count). The minimum atomic E-state index is -0.591. The van der Waals surface area contributed by atoms with Crippen LogP contribution in [-0.4, -0.2) is 6.03 Å². The molecule has 0 saturated carbocycles. The van der Waals surface area contributed by atoms with Crippen molar-refractivity contribution in [3.05, 3.63) is 53.3 Å². The highest BCUT2D eigenvalue weighted by molar-refractivity contribution is 6.30. The van der Waals surface area contributed by atoms with E-state index < -0.39 is 11.8 Å². The number of nitrogens with two attached hydrogens (primary N) is 1. The quantitative estimate of drug-likeness (QED) is 0.734. The first-order chi connectivity index (χ1) is 9.04. The Bertz CT molecular complexity index is 601. The van der Waals surface area contributed by atoms with E-state index in [1.807, 2.05) is 0 Å². The van der Waals surface area contributed by atoms with Gasteiger partial charge in [0.25, 0.3) is 0 Å². The van der Waals surface area contributed by atoms with Gasteiger partial charge in [-0.2, -0.15) is 0 Å². The molecule has 0 aliphatic carbocycles. The third-order valence-corrected chi connectivity index (χ3v) is 2.60. The minimum absolute atomic E-state index is 0.0562. The van der Waals surface area contributed by atoms with Crippen LogP contribution in [0, 0.1) is 5.82 Å². The molecule has 0 atom stereocenters. The number of nitrogen functional groups attached to an aromatic ring is 1. The summed E-state index contributed by atoms with van der Waals surface area (Å²) in [6.45, 7) is 0. The maximum Gasteiger partial charge on any atom is 0.323 e. The third-order valence-electron chi connectivity index (χ3n) is 2.34. The van der Waals surface area contributed by atoms with Crippen molar-refractivity contribution in [1.82, 2.24) is 0 Å². The van der Waals surface area contributed by atoms with Gasteiger partial charge in [-0.3, -0.25) is 0 Å². The van der Waals surface area contributed by atoms with Crippen LogP contribution in [0.15, 0.2) is 42.5 Å². The molecule has 2 aromatic carbocycles. The van der Waals surface area contributed by atoms with Crippen molar-refractivity contribution in [3.63, 3.8) is 0 Å². The van der Waals surface area contributed by atoms with E-state index in [1.165, 1.54) is 12.1 Å². The standard InChI is InChI=1S/C13H11ClFN3O/c14-8-1-4-10(5-2-8)17-13(19)18-12-6-3-9(16)7-11(12)15/h1-7H,16H2,(H2,17,18,19). The molecule has 0 saturated heterocycles. The zero-order chi connectivity index (χ0) is 13.8. The van der Waals surface area contributed by atoms with Crippen LogP contribution in [0.4, 0.5) is 26.2 Å². The Kier molecular flexibility index (Phi) is 3.87. The van der Waals surface area contributed by atoms with Crippen LogP contribution in [0.2, 0.25) is 5.02 Å². The summed E-state index contributed by atoms with van der Waals surface area (Å²) in [6.07, 6.45) is 0. The third kappa shape index (κ3) is 3.59. The number of amides is 2. The highest BCUT2D eigenvalue weighted by Crippen LogP contribution is 2.18. The molecule has 0 spiro atoms. The summed E-state index contributed by atoms with van der Waals surface area (Å²) in [5, 5.41) is 5.51. The largest absolute Gasteiger partial charge is 0.399 e. The molecule has 6 heteroatoms. The SMILES string of the molecule is Nc1ccc(NC(=O)Nc2ccc(Cl)cc2)c(F)c1. The predicted molar refractivity (Wildman–Crippen MR) is 74.9 cm³/mol. The normalized spacial score (nSPS) is 10.0. The van der Waals surface area contributed by atoms with Crippen LogP contribution in [0.3, 0.4) is 0 Å². The summed E-state index contributed by atoms with van der Waals surface area (Å²) < 4.78 is 13.5. The molecule has 0 radical (unpaired) electrons. The highest BCUT2D eigenvalue weighted by Gasteiger charge is 2.07. The van der Waals surface area contributed by atoms with E-state index in [9.17, 15) is 9.18 Å². The van der Waals surface area contributed by atoms with Crippen molar-refractivity contribution in [1.29, 1.82) is 0 Å². The van der Waals surface area contributed by atoms with E-state index >= 15 is 0 Å². The number of carbonyl (C=O) groups excluding carboxylic acids is 1. The van der Waals surface area contributed by atoms with Crippen LogP contribution >= 0.6 is 11.6 Å². The molecule has 2 aromatic rings. The maximum atomic E-state index is 13.5. The Morgan fingerprint density at radius 3 is 2.42 bits per heavy atom. The van der Waals surface area contributed by atoms with E-state index in [2.05, 4.69) is 10.6 Å². The zero-order valence-electron chi connectivity index (χ0n) is 9.78. The van der Waals surface area contributed by atoms with Crippen molar-refractivity contribution in [3.8, 4) is 0 Å². The van der Waals surface area contributed by atoms with Crippen LogP contribution in [0.25, 0.3) is 0 Å². The number of urea groups is 1. The first-order valence-electron chi connectivity index (χ1n) is 5.43. The van der Waals surface area contributed by atoms with Gasteiger partial charge in [0, 0.05) is 16.4 Å². The van der Waals surface area contributed by atoms with Crippen molar-refractivity contribution >= 4 is 34.7 Å². The topological polar surface area (TPSA) is 67.1 Å². The van der Waals surface area contributed by atoms with Crippen molar-refractivity contribution in [2.75, 3.05) is 16.4 Å². The van der Waals surface area contributed by atoms with Gasteiger partial charge in [-0.15, -0.1) is 0 Å². The summed E-state index contributed by atoms with van der Waals surface area (Å²) in [4.78, 5) is 11.7. The minimum Gasteiger partial charge on any atom is -0.399 e. The molecule has 0 aromatic heterocycles. The second kappa shape index (κ2) is 5.58. The fourth-order valence-electron chi connectivity index (χ4n) is 1.45. The van der Waals surface area contributed by atoms with Gasteiger partial charge < -0.3 is 16.4 Å². The van der Waals surface area contributed by atoms with Gasteiger partial charge in [0.15, 0.2) is 0 Å². The van der Waals surface area contributed by atoms with Crippen LogP contribution in [0.1, 0.15) is 0 Å². The Hall–Kier alpha value is -2.27. The molecule has 0 fully saturated rings. The molecule has 0 heterocycles. The number of benzene rings is 2. The lowest BCUT2D eigenvalue weighted by Crippen LogP contribution is -2.20. The Labute approximate surface area is 114 Å². The van der Waals surface area contributed by atoms with Gasteiger partial charge in [-0.25, -0.2) is 9.18 Å². The van der Waals surface area contributed by atoms with Crippen LogP contribution in [0.5, 0.6) is 0 Å². The van der Waals surface area contributed by atoms with Crippen LogP contribution < -0.4 is 16.4 Å². The first-order valence-corrected chi connectivity index (χ1v) is 5.81. The van der Waals surface area contributed by atoms with Crippen molar-refractivity contribution < 1.29 is 9.18 Å². The lowest BCUT2D eigenvalue weighted by Gasteiger charge is -2.08. The predicted octanol–water partition coefficient (Wildman–Crippen LogP) is 3.71. The van der Waals surface area contributed by atoms with E-state index in [0.717, 1.165) is 6.07 Å². The molecular weight excluding hydrogens is 269 g/mol. The summed E-state index contributed by atoms with van der Waals surface area (Å²) in [5.41, 5.74) is 6.32. The first kappa shape index (κ1) is 13.2. The summed E-state index contributed by atoms with van der Waals surface area (Å²) in [6, 6.07) is 10.0. The van der Waals surface area contributed by atoms with Gasteiger partial charge >= 0.3 is 6.03 Å². The smallest absolute Gasteiger partial charge is 0.323 e. The van der Waals surface area contributed by atoms with Gasteiger partial charge in [-0.05, 0) is 42.5 Å². The van der Waals surface area contributed by atoms with Crippen molar-refractivity contribution in [2.45, 2.75) is 0 Å². The average molecular weight is 280 g/mol. The molecule has 98 valence electrons. The lowest BCUT2D eigenvalue weighted by molar-refractivity contribution is 0.262. The van der Waals surface area contributed by atoms with Gasteiger partial charge in [0.05, 0.1) is 5.69 Å². The molecule has 0 unspecified atom stereocenters. The Morgan fingerprint density at radius 1 is 1.11 bits per heavy atom. The van der Waals surface area contributed by atoms with Crippen molar-refractivity contribution in [2.24, 2.45) is 0 Å². The van der Waals surface area contributed by atoms with E-state index in [0.29, 0.717) is 16.4 Å². The molecule has 4 N–H and O–H groups in total. The van der Waals surface area contributed by atoms with E-state index in [4.69, 9.17) is 17.3 Å². The summed E-state index contributed by atoms with van der Waals surface area (Å²) in [7, 11) is 0. The van der Waals surface area contributed by atoms with E-state index in [-0.39, 0.29) is 5.69 Å². The number of halogens is 2. The number of hydrogen-bond acceptors (Lipinski definition) is 2. The van der Waals surface area contributed by atoms with Gasteiger partial charge in [0.1, 0.15) is 5.82 Å².